The first-order valence-electron chi connectivity index (χ1n) is 9.59. The van der Waals surface area contributed by atoms with Gasteiger partial charge in [0.1, 0.15) is 0 Å². The Balaban J connectivity index is 0.000000183. The van der Waals surface area contributed by atoms with E-state index in [0.29, 0.717) is 0 Å². The van der Waals surface area contributed by atoms with Crippen LogP contribution in [0.3, 0.4) is 0 Å². The molecule has 0 spiro atoms. The molecule has 0 aliphatic carbocycles. The average molecular weight is 591 g/mol. The van der Waals surface area contributed by atoms with Crippen LogP contribution in [-0.2, 0) is 4.74 Å². The number of halogens is 4. The van der Waals surface area contributed by atoms with Crippen molar-refractivity contribution < 1.29 is 4.74 Å². The van der Waals surface area contributed by atoms with E-state index in [1.165, 1.54) is 6.42 Å². The molecular weight excluding hydrogens is 567 g/mol. The number of H-pyrrole nitrogens is 1. The standard InChI is InChI=1S/C13H14BrClN2O.C8H6BrClN2.CH4/c1-8-10(15)6-11-9(13(8)14)7-16-17(11)12-4-2-3-5-18-12;1-4-6(10)2-7-5(8(4)9)3-11-12-7;/h6-7,12H,2-5H2,1H3;2-3H,1H3,(H,11,12);1H4. The van der Waals surface area contributed by atoms with E-state index in [-0.39, 0.29) is 13.7 Å². The van der Waals surface area contributed by atoms with Gasteiger partial charge in [-0.25, -0.2) is 4.68 Å². The molecule has 0 saturated carbocycles. The summed E-state index contributed by atoms with van der Waals surface area (Å²) in [4.78, 5) is 0. The molecule has 3 heterocycles. The molecule has 0 amide bonds. The number of hydrogen-bond acceptors (Lipinski definition) is 3. The highest BCUT2D eigenvalue weighted by Gasteiger charge is 2.20. The van der Waals surface area contributed by atoms with Gasteiger partial charge in [0.2, 0.25) is 0 Å². The maximum Gasteiger partial charge on any atom is 0.150 e. The number of hydrogen-bond donors (Lipinski definition) is 1. The molecule has 9 heteroatoms. The van der Waals surface area contributed by atoms with Crippen LogP contribution in [0.1, 0.15) is 44.0 Å². The lowest BCUT2D eigenvalue weighted by atomic mass is 10.1. The zero-order valence-corrected chi connectivity index (χ0v) is 21.2. The number of nitrogens with zero attached hydrogens (tertiary/aromatic N) is 3. The van der Waals surface area contributed by atoms with Crippen molar-refractivity contribution in [3.8, 4) is 0 Å². The molecule has 4 aromatic rings. The van der Waals surface area contributed by atoms with Gasteiger partial charge >= 0.3 is 0 Å². The highest BCUT2D eigenvalue weighted by molar-refractivity contribution is 9.11. The van der Waals surface area contributed by atoms with Crippen LogP contribution < -0.4 is 0 Å². The summed E-state index contributed by atoms with van der Waals surface area (Å²) in [6, 6.07) is 3.85. The van der Waals surface area contributed by atoms with Crippen molar-refractivity contribution in [1.29, 1.82) is 0 Å². The van der Waals surface area contributed by atoms with Crippen LogP contribution in [0.15, 0.2) is 33.5 Å². The van der Waals surface area contributed by atoms with E-state index < -0.39 is 0 Å². The highest BCUT2D eigenvalue weighted by atomic mass is 79.9. The summed E-state index contributed by atoms with van der Waals surface area (Å²) in [6.07, 6.45) is 7.04. The average Bonchev–Trinajstić information content (AvgIpc) is 3.39. The fraction of sp³-hybridized carbons (Fsp3) is 0.364. The van der Waals surface area contributed by atoms with E-state index in [4.69, 9.17) is 27.9 Å². The Morgan fingerprint density at radius 3 is 2.39 bits per heavy atom. The second-order valence-electron chi connectivity index (χ2n) is 7.27. The summed E-state index contributed by atoms with van der Waals surface area (Å²) in [5.74, 6) is 0. The number of rotatable bonds is 1. The summed E-state index contributed by atoms with van der Waals surface area (Å²) in [6.45, 7) is 4.78. The number of fused-ring (bicyclic) bond motifs is 2. The third-order valence-corrected chi connectivity index (χ3v) is 8.14. The molecule has 1 unspecified atom stereocenters. The molecule has 1 aliphatic heterocycles. The van der Waals surface area contributed by atoms with Crippen LogP contribution in [0.25, 0.3) is 21.8 Å². The molecule has 1 fully saturated rings. The number of aromatic amines is 1. The van der Waals surface area contributed by atoms with Gasteiger partial charge in [-0.3, -0.25) is 5.10 Å². The minimum Gasteiger partial charge on any atom is -0.356 e. The minimum absolute atomic E-state index is 0. The normalized spacial score (nSPS) is 16.1. The monoisotopic (exact) mass is 588 g/mol. The van der Waals surface area contributed by atoms with Crippen molar-refractivity contribution in [3.63, 3.8) is 0 Å². The van der Waals surface area contributed by atoms with Gasteiger partial charge < -0.3 is 4.74 Å². The SMILES string of the molecule is C.Cc1c(Cl)cc2[nH]ncc2c1Br.Cc1c(Cl)cc2c(cnn2C2CCCCO2)c1Br. The molecule has 5 rings (SSSR count). The predicted octanol–water partition coefficient (Wildman–Crippen LogP) is 8.38. The lowest BCUT2D eigenvalue weighted by molar-refractivity contribution is -0.0366. The quantitative estimate of drug-likeness (QED) is 0.242. The molecule has 1 saturated heterocycles. The van der Waals surface area contributed by atoms with Crippen molar-refractivity contribution >= 4 is 76.9 Å². The topological polar surface area (TPSA) is 55.7 Å². The lowest BCUT2D eigenvalue weighted by Gasteiger charge is -2.23. The van der Waals surface area contributed by atoms with Gasteiger partial charge in [-0.05, 0) is 88.2 Å². The maximum absolute atomic E-state index is 6.25. The Morgan fingerprint density at radius 1 is 1.03 bits per heavy atom. The summed E-state index contributed by atoms with van der Waals surface area (Å²) in [7, 11) is 0. The Hall–Kier alpha value is -1.12. The third-order valence-electron chi connectivity index (χ3n) is 5.31. The third kappa shape index (κ3) is 4.81. The summed E-state index contributed by atoms with van der Waals surface area (Å²) < 4.78 is 9.76. The van der Waals surface area contributed by atoms with Gasteiger partial charge in [-0.1, -0.05) is 30.6 Å². The molecule has 5 nitrogen and oxygen atoms in total. The zero-order chi connectivity index (χ0) is 21.4. The van der Waals surface area contributed by atoms with Crippen molar-refractivity contribution in [2.24, 2.45) is 0 Å². The Labute approximate surface area is 208 Å². The molecule has 1 aliphatic rings. The van der Waals surface area contributed by atoms with Crippen LogP contribution >= 0.6 is 55.1 Å². The highest BCUT2D eigenvalue weighted by Crippen LogP contribution is 2.35. The van der Waals surface area contributed by atoms with E-state index in [1.54, 1.807) is 6.20 Å². The molecule has 166 valence electrons. The molecule has 31 heavy (non-hydrogen) atoms. The first kappa shape index (κ1) is 24.5. The summed E-state index contributed by atoms with van der Waals surface area (Å²) >= 11 is 19.3. The van der Waals surface area contributed by atoms with Gasteiger partial charge in [0.05, 0.1) is 23.4 Å². The Morgan fingerprint density at radius 2 is 1.71 bits per heavy atom. The van der Waals surface area contributed by atoms with Crippen LogP contribution in [0.2, 0.25) is 10.0 Å². The maximum atomic E-state index is 6.25. The second-order valence-corrected chi connectivity index (χ2v) is 9.67. The second kappa shape index (κ2) is 10.2. The van der Waals surface area contributed by atoms with Gasteiger partial charge in [0, 0.05) is 36.4 Å². The molecule has 1 N–H and O–H groups in total. The van der Waals surface area contributed by atoms with Crippen molar-refractivity contribution in [2.75, 3.05) is 6.61 Å². The lowest BCUT2D eigenvalue weighted by Crippen LogP contribution is -2.18. The fourth-order valence-corrected chi connectivity index (χ4v) is 5.17. The van der Waals surface area contributed by atoms with Gasteiger partial charge in [0.15, 0.2) is 6.23 Å². The molecule has 0 radical (unpaired) electrons. The number of aromatic nitrogens is 4. The summed E-state index contributed by atoms with van der Waals surface area (Å²) in [5, 5.41) is 14.9. The minimum atomic E-state index is 0. The van der Waals surface area contributed by atoms with E-state index >= 15 is 0 Å². The van der Waals surface area contributed by atoms with Crippen molar-refractivity contribution in [2.45, 2.75) is 46.8 Å². The first-order valence-corrected chi connectivity index (χ1v) is 11.9. The molecular formula is C22H24Br2Cl2N4O. The zero-order valence-electron chi connectivity index (χ0n) is 16.5. The van der Waals surface area contributed by atoms with Gasteiger partial charge in [0.25, 0.3) is 0 Å². The van der Waals surface area contributed by atoms with Gasteiger partial charge in [-0.2, -0.15) is 10.2 Å². The Bertz CT molecular complexity index is 1220. The van der Waals surface area contributed by atoms with Crippen LogP contribution in [0, 0.1) is 13.8 Å². The number of ether oxygens (including phenoxy) is 1. The van der Waals surface area contributed by atoms with E-state index in [1.807, 2.05) is 36.9 Å². The molecule has 0 bridgehead atoms. The van der Waals surface area contributed by atoms with Crippen molar-refractivity contribution in [1.82, 2.24) is 20.0 Å². The van der Waals surface area contributed by atoms with E-state index in [0.717, 1.165) is 71.4 Å². The van der Waals surface area contributed by atoms with Gasteiger partial charge in [-0.15, -0.1) is 0 Å². The number of nitrogens with one attached hydrogen (secondary N) is 1. The largest absolute Gasteiger partial charge is 0.356 e. The van der Waals surface area contributed by atoms with Crippen LogP contribution in [0.4, 0.5) is 0 Å². The van der Waals surface area contributed by atoms with Crippen LogP contribution in [0.5, 0.6) is 0 Å². The summed E-state index contributed by atoms with van der Waals surface area (Å²) in [5.41, 5.74) is 4.08. The predicted molar refractivity (Wildman–Crippen MR) is 136 cm³/mol. The van der Waals surface area contributed by atoms with E-state index in [9.17, 15) is 0 Å². The molecule has 2 aromatic carbocycles. The number of benzene rings is 2. The fourth-order valence-electron chi connectivity index (χ4n) is 3.49. The molecule has 2 aromatic heterocycles. The Kier molecular flexibility index (Phi) is 8.08. The molecule has 1 atom stereocenters. The van der Waals surface area contributed by atoms with E-state index in [2.05, 4.69) is 47.2 Å². The van der Waals surface area contributed by atoms with Crippen LogP contribution in [-0.4, -0.2) is 26.6 Å². The van der Waals surface area contributed by atoms with Crippen molar-refractivity contribution in [3.05, 3.63) is 54.6 Å². The smallest absolute Gasteiger partial charge is 0.150 e. The first-order chi connectivity index (χ1) is 14.4.